The van der Waals surface area contributed by atoms with Gasteiger partial charge in [-0.05, 0) is 19.4 Å². The van der Waals surface area contributed by atoms with Crippen LogP contribution in [0.2, 0.25) is 0 Å². The van der Waals surface area contributed by atoms with E-state index >= 15 is 0 Å². The summed E-state index contributed by atoms with van der Waals surface area (Å²) in [5.41, 5.74) is -0.158. The summed E-state index contributed by atoms with van der Waals surface area (Å²) in [6.07, 6.45) is 3.10. The van der Waals surface area contributed by atoms with Crippen LogP contribution in [0, 0.1) is 0 Å². The summed E-state index contributed by atoms with van der Waals surface area (Å²) in [5.74, 6) is -0.616. The smallest absolute Gasteiger partial charge is 0.318 e. The number of carbonyl (C=O) groups excluding carboxylic acids is 2. The van der Waals surface area contributed by atoms with Gasteiger partial charge in [0.2, 0.25) is 5.91 Å². The predicted octanol–water partition coefficient (Wildman–Crippen LogP) is 0.915. The molecule has 1 atom stereocenters. The van der Waals surface area contributed by atoms with Gasteiger partial charge in [-0.25, -0.2) is 4.68 Å². The molecule has 0 aliphatic heterocycles. The van der Waals surface area contributed by atoms with Crippen LogP contribution >= 0.6 is 0 Å². The fraction of sp³-hybridized carbons (Fsp3) is 0.375. The minimum Gasteiger partial charge on any atom is -0.465 e. The number of rotatable bonds is 7. The molecular weight excluding hydrogens is 296 g/mol. The molecule has 0 radical (unpaired) electrons. The third-order valence-corrected chi connectivity index (χ3v) is 3.55. The zero-order valence-electron chi connectivity index (χ0n) is 13.2. The third kappa shape index (κ3) is 4.15. The van der Waals surface area contributed by atoms with Gasteiger partial charge in [-0.15, -0.1) is 5.10 Å². The zero-order chi connectivity index (χ0) is 16.7. The maximum Gasteiger partial charge on any atom is 0.318 e. The molecule has 0 spiro atoms. The Morgan fingerprint density at radius 3 is 2.65 bits per heavy atom. The molecule has 0 aliphatic carbocycles. The van der Waals surface area contributed by atoms with E-state index in [1.54, 1.807) is 20.0 Å². The highest BCUT2D eigenvalue weighted by Gasteiger charge is 2.37. The molecular formula is C16H20N4O3. The lowest BCUT2D eigenvalue weighted by Gasteiger charge is -2.28. The standard InChI is InChI=1S/C16H20N4O3/c1-3-23-15(22)16(2,13-7-5-4-6-8-13)12-17-14(21)11-20-10-9-18-19-20/h4-10H,3,11-12H2,1-2H3,(H,17,21)/t16-/m0/s1. The molecule has 122 valence electrons. The van der Waals surface area contributed by atoms with Crippen molar-refractivity contribution in [2.24, 2.45) is 0 Å². The van der Waals surface area contributed by atoms with Crippen LogP contribution in [-0.2, 0) is 26.3 Å². The largest absolute Gasteiger partial charge is 0.465 e. The Labute approximate surface area is 134 Å². The number of amides is 1. The van der Waals surface area contributed by atoms with E-state index in [0.717, 1.165) is 5.56 Å². The lowest BCUT2D eigenvalue weighted by atomic mass is 9.82. The molecule has 7 nitrogen and oxygen atoms in total. The average Bonchev–Trinajstić information content (AvgIpc) is 3.06. The number of nitrogens with one attached hydrogen (secondary N) is 1. The Balaban J connectivity index is 2.09. The Kier molecular flexibility index (Phi) is 5.46. The van der Waals surface area contributed by atoms with Gasteiger partial charge in [0.1, 0.15) is 12.0 Å². The van der Waals surface area contributed by atoms with E-state index in [2.05, 4.69) is 15.6 Å². The molecule has 0 fully saturated rings. The van der Waals surface area contributed by atoms with Gasteiger partial charge in [-0.2, -0.15) is 0 Å². The average molecular weight is 316 g/mol. The first kappa shape index (κ1) is 16.7. The lowest BCUT2D eigenvalue weighted by molar-refractivity contribution is -0.149. The second-order valence-electron chi connectivity index (χ2n) is 5.30. The van der Waals surface area contributed by atoms with Crippen LogP contribution in [0.15, 0.2) is 42.7 Å². The summed E-state index contributed by atoms with van der Waals surface area (Å²) in [4.78, 5) is 24.4. The molecule has 7 heteroatoms. The number of benzene rings is 1. The molecule has 0 bridgehead atoms. The SMILES string of the molecule is CCOC(=O)[C@@](C)(CNC(=O)Cn1ccnn1)c1ccccc1. The van der Waals surface area contributed by atoms with Crippen molar-refractivity contribution in [3.05, 3.63) is 48.3 Å². The van der Waals surface area contributed by atoms with Crippen LogP contribution in [0.3, 0.4) is 0 Å². The Morgan fingerprint density at radius 1 is 1.30 bits per heavy atom. The van der Waals surface area contributed by atoms with E-state index in [0.29, 0.717) is 0 Å². The van der Waals surface area contributed by atoms with E-state index in [1.165, 1.54) is 10.9 Å². The van der Waals surface area contributed by atoms with Crippen molar-refractivity contribution in [3.8, 4) is 0 Å². The van der Waals surface area contributed by atoms with Crippen LogP contribution in [0.5, 0.6) is 0 Å². The van der Waals surface area contributed by atoms with Gasteiger partial charge in [0.15, 0.2) is 0 Å². The molecule has 1 N–H and O–H groups in total. The highest BCUT2D eigenvalue weighted by atomic mass is 16.5. The van der Waals surface area contributed by atoms with E-state index in [1.807, 2.05) is 30.3 Å². The van der Waals surface area contributed by atoms with Gasteiger partial charge in [-0.3, -0.25) is 9.59 Å². The molecule has 2 aromatic rings. The monoisotopic (exact) mass is 316 g/mol. The number of nitrogens with zero attached hydrogens (tertiary/aromatic N) is 3. The number of hydrogen-bond donors (Lipinski definition) is 1. The van der Waals surface area contributed by atoms with Crippen LogP contribution in [0.25, 0.3) is 0 Å². The van der Waals surface area contributed by atoms with Crippen molar-refractivity contribution in [2.75, 3.05) is 13.2 Å². The Hall–Kier alpha value is -2.70. The number of ether oxygens (including phenoxy) is 1. The maximum absolute atomic E-state index is 12.4. The minimum atomic E-state index is -0.949. The number of esters is 1. The summed E-state index contributed by atoms with van der Waals surface area (Å²) < 4.78 is 6.60. The maximum atomic E-state index is 12.4. The fourth-order valence-electron chi connectivity index (χ4n) is 2.18. The first-order chi connectivity index (χ1) is 11.1. The Morgan fingerprint density at radius 2 is 2.04 bits per heavy atom. The van der Waals surface area contributed by atoms with E-state index in [9.17, 15) is 9.59 Å². The van der Waals surface area contributed by atoms with Crippen molar-refractivity contribution in [2.45, 2.75) is 25.8 Å². The summed E-state index contributed by atoms with van der Waals surface area (Å²) in [7, 11) is 0. The molecule has 1 aromatic heterocycles. The fourth-order valence-corrected chi connectivity index (χ4v) is 2.18. The third-order valence-electron chi connectivity index (χ3n) is 3.55. The van der Waals surface area contributed by atoms with Crippen molar-refractivity contribution >= 4 is 11.9 Å². The molecule has 0 unspecified atom stereocenters. The van der Waals surface area contributed by atoms with E-state index in [4.69, 9.17) is 4.74 Å². The minimum absolute atomic E-state index is 0.0493. The van der Waals surface area contributed by atoms with Crippen LogP contribution < -0.4 is 5.32 Å². The molecule has 1 amide bonds. The van der Waals surface area contributed by atoms with Crippen LogP contribution in [-0.4, -0.2) is 40.0 Å². The molecule has 0 saturated heterocycles. The van der Waals surface area contributed by atoms with Crippen molar-refractivity contribution in [1.82, 2.24) is 20.3 Å². The number of aromatic nitrogens is 3. The number of hydrogen-bond acceptors (Lipinski definition) is 5. The van der Waals surface area contributed by atoms with Gasteiger partial charge in [0, 0.05) is 12.7 Å². The predicted molar refractivity (Wildman–Crippen MR) is 83.5 cm³/mol. The summed E-state index contributed by atoms with van der Waals surface area (Å²) in [5, 5.41) is 10.2. The van der Waals surface area contributed by atoms with E-state index in [-0.39, 0.29) is 31.6 Å². The lowest BCUT2D eigenvalue weighted by Crippen LogP contribution is -2.46. The summed E-state index contributed by atoms with van der Waals surface area (Å²) in [6, 6.07) is 9.27. The second kappa shape index (κ2) is 7.53. The van der Waals surface area contributed by atoms with Crippen LogP contribution in [0.4, 0.5) is 0 Å². The summed E-state index contributed by atoms with van der Waals surface area (Å²) in [6.45, 7) is 3.99. The Bertz CT molecular complexity index is 643. The van der Waals surface area contributed by atoms with Gasteiger partial charge in [-0.1, -0.05) is 35.5 Å². The van der Waals surface area contributed by atoms with E-state index < -0.39 is 5.41 Å². The summed E-state index contributed by atoms with van der Waals surface area (Å²) >= 11 is 0. The van der Waals surface area contributed by atoms with Crippen LogP contribution in [0.1, 0.15) is 19.4 Å². The molecule has 23 heavy (non-hydrogen) atoms. The van der Waals surface area contributed by atoms with Gasteiger partial charge in [0.05, 0.1) is 12.8 Å². The highest BCUT2D eigenvalue weighted by molar-refractivity contribution is 5.84. The molecule has 1 heterocycles. The van der Waals surface area contributed by atoms with Crippen molar-refractivity contribution in [3.63, 3.8) is 0 Å². The molecule has 0 saturated carbocycles. The van der Waals surface area contributed by atoms with Gasteiger partial charge in [0.25, 0.3) is 0 Å². The van der Waals surface area contributed by atoms with Gasteiger partial charge >= 0.3 is 5.97 Å². The quantitative estimate of drug-likeness (QED) is 0.768. The van der Waals surface area contributed by atoms with Gasteiger partial charge < -0.3 is 10.1 Å². The normalized spacial score (nSPS) is 13.1. The molecule has 2 rings (SSSR count). The molecule has 1 aromatic carbocycles. The first-order valence-electron chi connectivity index (χ1n) is 7.40. The molecule has 0 aliphatic rings. The zero-order valence-corrected chi connectivity index (χ0v) is 13.2. The topological polar surface area (TPSA) is 86.1 Å². The number of carbonyl (C=O) groups is 2. The van der Waals surface area contributed by atoms with Crippen molar-refractivity contribution in [1.29, 1.82) is 0 Å². The highest BCUT2D eigenvalue weighted by Crippen LogP contribution is 2.24. The second-order valence-corrected chi connectivity index (χ2v) is 5.30. The first-order valence-corrected chi connectivity index (χ1v) is 7.40. The van der Waals surface area contributed by atoms with Crippen molar-refractivity contribution < 1.29 is 14.3 Å².